The molecule has 396 valence electrons. The molecular formula is C64H110N4Ni. The van der Waals surface area contributed by atoms with Gasteiger partial charge in [0.25, 0.3) is 0 Å². The van der Waals surface area contributed by atoms with E-state index in [4.69, 9.17) is 0 Å². The molecule has 0 atom stereocenters. The summed E-state index contributed by atoms with van der Waals surface area (Å²) in [5.74, 6) is 0. The molecule has 0 aromatic heterocycles. The molecule has 0 N–H and O–H groups in total. The van der Waals surface area contributed by atoms with E-state index in [2.05, 4.69) is 96.3 Å². The van der Waals surface area contributed by atoms with Gasteiger partial charge in [-0.2, -0.15) is 0 Å². The minimum absolute atomic E-state index is 0.967. The van der Waals surface area contributed by atoms with Crippen molar-refractivity contribution in [3.63, 3.8) is 0 Å². The number of hydrogen-bond donors (Lipinski definition) is 0. The Labute approximate surface area is 436 Å². The van der Waals surface area contributed by atoms with Crippen molar-refractivity contribution in [3.05, 3.63) is 99.6 Å². The molecule has 2 aromatic rings. The van der Waals surface area contributed by atoms with Gasteiger partial charge in [0.2, 0.25) is 11.4 Å². The van der Waals surface area contributed by atoms with Crippen LogP contribution in [0.4, 0.5) is 0 Å². The van der Waals surface area contributed by atoms with Crippen LogP contribution in [0.3, 0.4) is 0 Å². The normalized spacial score (nSPS) is 13.0. The second-order valence-electron chi connectivity index (χ2n) is 20.9. The van der Waals surface area contributed by atoms with Gasteiger partial charge in [0.05, 0.1) is 5.57 Å². The van der Waals surface area contributed by atoms with Gasteiger partial charge in [0, 0.05) is 16.7 Å². The van der Waals surface area contributed by atoms with Crippen molar-refractivity contribution in [2.75, 3.05) is 28.2 Å². The van der Waals surface area contributed by atoms with Gasteiger partial charge in [-0.25, -0.2) is 4.70 Å². The summed E-state index contributed by atoms with van der Waals surface area (Å²) in [5, 5.41) is 0. The van der Waals surface area contributed by atoms with E-state index in [9.17, 15) is 5.53 Å². The fourth-order valence-electron chi connectivity index (χ4n) is 9.90. The Morgan fingerprint density at radius 2 is 0.768 bits per heavy atom. The van der Waals surface area contributed by atoms with Crippen LogP contribution in [0.5, 0.6) is 0 Å². The number of rotatable bonds is 43. The third-order valence-electron chi connectivity index (χ3n) is 13.9. The van der Waals surface area contributed by atoms with Crippen LogP contribution in [0.25, 0.3) is 16.9 Å². The average Bonchev–Trinajstić information content (AvgIpc) is 3.62. The summed E-state index contributed by atoms with van der Waals surface area (Å²) in [4.78, 5) is 0. The molecule has 3 rings (SSSR count). The Morgan fingerprint density at radius 3 is 1.13 bits per heavy atom. The van der Waals surface area contributed by atoms with Crippen LogP contribution >= 0.6 is 0 Å². The molecule has 0 saturated carbocycles. The number of benzene rings is 2. The van der Waals surface area contributed by atoms with Crippen LogP contribution in [0.2, 0.25) is 0 Å². The molecule has 69 heavy (non-hydrogen) atoms. The van der Waals surface area contributed by atoms with Crippen LogP contribution in [0.1, 0.15) is 281 Å². The number of allylic oxidation sites excluding steroid dienone is 4. The van der Waals surface area contributed by atoms with E-state index in [0.29, 0.717) is 0 Å². The van der Waals surface area contributed by atoms with Crippen LogP contribution in [0.15, 0.2) is 71.8 Å². The molecule has 4 nitrogen and oxygen atoms in total. The molecule has 1 heterocycles. The Balaban J connectivity index is 0.00000216. The quantitative estimate of drug-likeness (QED) is 0.0377. The first-order chi connectivity index (χ1) is 33.8. The van der Waals surface area contributed by atoms with Gasteiger partial charge in [0.1, 0.15) is 0 Å². The van der Waals surface area contributed by atoms with Crippen LogP contribution in [0, 0.1) is 0 Å². The monoisotopic (exact) mass is 993 g/mol. The predicted molar refractivity (Wildman–Crippen MR) is 303 cm³/mol. The summed E-state index contributed by atoms with van der Waals surface area (Å²) in [6.45, 7) is 9.14. The molecule has 0 amide bonds. The molecule has 0 spiro atoms. The zero-order valence-electron chi connectivity index (χ0n) is 46.7. The summed E-state index contributed by atoms with van der Waals surface area (Å²) < 4.78 is 5.70. The Hall–Kier alpha value is -2.33. The van der Waals surface area contributed by atoms with Crippen molar-refractivity contribution in [2.45, 2.75) is 272 Å². The van der Waals surface area contributed by atoms with Crippen molar-refractivity contribution in [1.29, 1.82) is 0 Å². The minimum atomic E-state index is 0.967. The molecule has 0 bridgehead atoms. The molecule has 0 aliphatic carbocycles. The van der Waals surface area contributed by atoms with E-state index in [0.717, 1.165) is 54.6 Å². The second-order valence-corrected chi connectivity index (χ2v) is 22.8. The number of nitrogens with zero attached hydrogens (tertiary/aromatic N) is 4. The maximum absolute atomic E-state index is 12.3. The fourth-order valence-corrected chi connectivity index (χ4v) is 10.7. The van der Waals surface area contributed by atoms with Crippen molar-refractivity contribution >= 4 is 11.4 Å². The van der Waals surface area contributed by atoms with Crippen molar-refractivity contribution < 1.29 is 19.6 Å². The first kappa shape index (κ1) is 62.8. The molecule has 0 fully saturated rings. The second kappa shape index (κ2) is 43.3. The number of aryl methyl sites for hydroxylation is 2. The maximum atomic E-state index is 12.3. The van der Waals surface area contributed by atoms with E-state index in [1.54, 1.807) is 4.70 Å². The predicted octanol–water partition coefficient (Wildman–Crippen LogP) is 20.6. The van der Waals surface area contributed by atoms with Gasteiger partial charge in [-0.1, -0.05) is 257 Å². The Morgan fingerprint density at radius 1 is 0.420 bits per heavy atom. The van der Waals surface area contributed by atoms with Gasteiger partial charge >= 0.3 is 51.0 Å². The fraction of sp³-hybridized carbons (Fsp3) is 0.719. The molecule has 0 unspecified atom stereocenters. The van der Waals surface area contributed by atoms with Crippen molar-refractivity contribution in [3.8, 4) is 0 Å². The molecular weight excluding hydrogens is 883 g/mol. The van der Waals surface area contributed by atoms with Crippen molar-refractivity contribution in [1.82, 2.24) is 7.96 Å². The molecule has 0 radical (unpaired) electrons. The van der Waals surface area contributed by atoms with Gasteiger partial charge in [-0.3, -0.25) is 0 Å². The van der Waals surface area contributed by atoms with Crippen LogP contribution in [-0.2, 0) is 27.7 Å². The van der Waals surface area contributed by atoms with E-state index in [1.807, 2.05) is 28.2 Å². The molecule has 5 heteroatoms. The van der Waals surface area contributed by atoms with E-state index in [1.165, 1.54) is 249 Å². The number of hydrogen-bond acceptors (Lipinski definition) is 2. The Kier molecular flexibility index (Phi) is 39.4. The van der Waals surface area contributed by atoms with Gasteiger partial charge in [-0.05, 0) is 86.8 Å². The van der Waals surface area contributed by atoms with Gasteiger partial charge < -0.3 is 5.53 Å². The first-order valence-electron chi connectivity index (χ1n) is 29.5. The SMILES string of the molecule is CCCCCCCCCCCCCCCCCCCCCCCCCCC=CC1=C(c2cccc(CCCC)c2)[N+](=[N-])C(c2cccc(CCCC)c2)=C1CCCCCCCC.C[N](C)[Ni][N](C)C. The molecule has 1 aliphatic heterocycles. The first-order valence-corrected chi connectivity index (χ1v) is 30.4. The summed E-state index contributed by atoms with van der Waals surface area (Å²) in [5.41, 5.74) is 21.8. The summed E-state index contributed by atoms with van der Waals surface area (Å²) in [7, 11) is 8.11. The zero-order valence-corrected chi connectivity index (χ0v) is 47.7. The van der Waals surface area contributed by atoms with Crippen molar-refractivity contribution in [2.24, 2.45) is 0 Å². The third kappa shape index (κ3) is 30.3. The number of unbranched alkanes of at least 4 members (excludes halogenated alkanes) is 31. The van der Waals surface area contributed by atoms with E-state index < -0.39 is 0 Å². The molecule has 2 aromatic carbocycles. The van der Waals surface area contributed by atoms with Gasteiger partial charge in [-0.15, -0.1) is 0 Å². The van der Waals surface area contributed by atoms with E-state index >= 15 is 0 Å². The van der Waals surface area contributed by atoms with E-state index in [-0.39, 0.29) is 0 Å². The van der Waals surface area contributed by atoms with Crippen LogP contribution < -0.4 is 0 Å². The Bertz CT molecular complexity index is 1650. The molecule has 1 aliphatic rings. The van der Waals surface area contributed by atoms with Crippen LogP contribution in [-0.4, -0.2) is 40.8 Å². The topological polar surface area (TPSA) is 31.8 Å². The standard InChI is InChI=1S/C60H98N2.2C2H6N.Ni/c1-5-9-13-15-17-18-19-20-21-22-23-24-25-26-27-28-29-30-31-32-33-34-35-36-38-40-50-58-57(49-39-37-16-14-10-6-2)59(55-47-41-45-53(51-55)43-11-7-3)62(61)60(58)56-48-42-46-54(52-56)44-12-8-4;2*1-3-2;/h40-42,45-48,50-52H,5-39,43-44,49H2,1-4H3;2*1-2H3;/q;2*-1;+2. The third-order valence-corrected chi connectivity index (χ3v) is 14.7. The summed E-state index contributed by atoms with van der Waals surface area (Å²) in [6.07, 6.45) is 55.8. The van der Waals surface area contributed by atoms with Gasteiger partial charge in [0.15, 0.2) is 0 Å². The summed E-state index contributed by atoms with van der Waals surface area (Å²) >= 11 is 1.51. The zero-order chi connectivity index (χ0) is 50.0. The molecule has 0 saturated heterocycles. The summed E-state index contributed by atoms with van der Waals surface area (Å²) in [6, 6.07) is 18.0. The average molecular weight is 994 g/mol.